The van der Waals surface area contributed by atoms with Crippen molar-refractivity contribution in [3.8, 4) is 5.69 Å². The maximum Gasteiger partial charge on any atom is 0.248 e. The van der Waals surface area contributed by atoms with Crippen LogP contribution in [0, 0.1) is 17.6 Å². The predicted octanol–water partition coefficient (Wildman–Crippen LogP) is 2.59. The smallest absolute Gasteiger partial charge is 0.248 e. The molecule has 2 aliphatic rings. The van der Waals surface area contributed by atoms with E-state index in [0.717, 1.165) is 57.6 Å². The van der Waals surface area contributed by atoms with Crippen LogP contribution in [0.15, 0.2) is 36.7 Å². The van der Waals surface area contributed by atoms with Crippen molar-refractivity contribution >= 4 is 17.5 Å². The van der Waals surface area contributed by atoms with E-state index in [1.807, 2.05) is 0 Å². The quantitative estimate of drug-likeness (QED) is 0.620. The molecule has 0 spiro atoms. The summed E-state index contributed by atoms with van der Waals surface area (Å²) in [6, 6.07) is 6.59. The Kier molecular flexibility index (Phi) is 5.20. The number of aromatic nitrogens is 4. The first-order valence-corrected chi connectivity index (χ1v) is 9.93. The molecule has 1 N–H and O–H groups in total. The molecular weight excluding hydrogens is 411 g/mol. The van der Waals surface area contributed by atoms with E-state index in [9.17, 15) is 13.2 Å². The highest BCUT2D eigenvalue weighted by Crippen LogP contribution is 2.27. The number of pyridine rings is 1. The molecule has 8 nitrogen and oxygen atoms in total. The first-order chi connectivity index (χ1) is 15.0. The van der Waals surface area contributed by atoms with Gasteiger partial charge in [-0.15, -0.1) is 5.10 Å². The Bertz CT molecular complexity index is 1070. The minimum atomic E-state index is -0.721. The second-order valence-electron chi connectivity index (χ2n) is 7.51. The van der Waals surface area contributed by atoms with Crippen LogP contribution in [0.1, 0.15) is 1.43 Å². The van der Waals surface area contributed by atoms with E-state index in [-0.39, 0.29) is 18.9 Å². The molecule has 0 amide bonds. The van der Waals surface area contributed by atoms with Gasteiger partial charge in [0, 0.05) is 57.5 Å². The van der Waals surface area contributed by atoms with Crippen molar-refractivity contribution in [1.29, 1.82) is 0 Å². The molecule has 1 aromatic carbocycles. The lowest BCUT2D eigenvalue weighted by atomic mass is 10.1. The molecule has 0 atom stereocenters. The summed E-state index contributed by atoms with van der Waals surface area (Å²) < 4.78 is 47.6. The fourth-order valence-corrected chi connectivity index (χ4v) is 3.80. The third kappa shape index (κ3) is 4.32. The molecule has 31 heavy (non-hydrogen) atoms. The molecule has 2 saturated heterocycles. The lowest BCUT2D eigenvalue weighted by Crippen LogP contribution is -2.61. The fraction of sp³-hybridized carbons (Fsp3) is 0.350. The number of hydrogen-bond acceptors (Lipinski definition) is 7. The zero-order valence-corrected chi connectivity index (χ0v) is 16.5. The van der Waals surface area contributed by atoms with Crippen LogP contribution >= 0.6 is 0 Å². The van der Waals surface area contributed by atoms with E-state index in [0.29, 0.717) is 11.7 Å². The van der Waals surface area contributed by atoms with Gasteiger partial charge in [0.15, 0.2) is 0 Å². The zero-order chi connectivity index (χ0) is 21.4. The minimum absolute atomic E-state index is 0. The van der Waals surface area contributed by atoms with Crippen LogP contribution in [-0.2, 0) is 4.74 Å². The third-order valence-electron chi connectivity index (χ3n) is 5.41. The van der Waals surface area contributed by atoms with Gasteiger partial charge in [-0.25, -0.2) is 18.4 Å². The van der Waals surface area contributed by atoms with Gasteiger partial charge in [-0.1, -0.05) is 0 Å². The Labute approximate surface area is 177 Å². The minimum Gasteiger partial charge on any atom is -0.379 e. The van der Waals surface area contributed by atoms with Crippen molar-refractivity contribution < 1.29 is 19.3 Å². The molecule has 0 bridgehead atoms. The van der Waals surface area contributed by atoms with Crippen LogP contribution in [0.3, 0.4) is 0 Å². The van der Waals surface area contributed by atoms with Gasteiger partial charge in [-0.3, -0.25) is 4.90 Å². The van der Waals surface area contributed by atoms with Crippen molar-refractivity contribution in [2.24, 2.45) is 0 Å². The number of benzene rings is 1. The molecule has 3 aromatic rings. The second-order valence-corrected chi connectivity index (χ2v) is 7.51. The Morgan fingerprint density at radius 3 is 2.45 bits per heavy atom. The van der Waals surface area contributed by atoms with E-state index in [4.69, 9.17) is 4.74 Å². The molecule has 4 heterocycles. The standard InChI is InChI=1S/C20H20F3N7O.H2/c21-13-5-14(22)7-16(6-13)30-12-24-20(27-30)26-19-9-15(8-18(23)25-19)29-10-17(11-29)28-1-3-31-4-2-28;/h5-9,12,17H,1-4,10-11H2,(H,25,26,27);1H. The lowest BCUT2D eigenvalue weighted by molar-refractivity contribution is 0.0105. The van der Waals surface area contributed by atoms with Crippen molar-refractivity contribution in [2.45, 2.75) is 6.04 Å². The molecule has 0 unspecified atom stereocenters. The van der Waals surface area contributed by atoms with E-state index in [1.165, 1.54) is 17.1 Å². The van der Waals surface area contributed by atoms with Gasteiger partial charge >= 0.3 is 0 Å². The maximum absolute atomic E-state index is 14.1. The molecule has 11 heteroatoms. The van der Waals surface area contributed by atoms with Gasteiger partial charge in [0.25, 0.3) is 0 Å². The highest BCUT2D eigenvalue weighted by Gasteiger charge is 2.33. The average molecular weight is 433 g/mol. The third-order valence-corrected chi connectivity index (χ3v) is 5.41. The van der Waals surface area contributed by atoms with Crippen LogP contribution in [-0.4, -0.2) is 70.1 Å². The first-order valence-electron chi connectivity index (χ1n) is 9.93. The summed E-state index contributed by atoms with van der Waals surface area (Å²) in [6.45, 7) is 4.94. The van der Waals surface area contributed by atoms with Crippen molar-refractivity contribution in [3.05, 3.63) is 54.2 Å². The zero-order valence-electron chi connectivity index (χ0n) is 16.5. The molecular formula is C20H22F3N7O. The molecule has 0 saturated carbocycles. The topological polar surface area (TPSA) is 71.3 Å². The first kappa shape index (κ1) is 19.8. The van der Waals surface area contributed by atoms with Gasteiger partial charge in [-0.2, -0.15) is 9.37 Å². The van der Waals surface area contributed by atoms with Gasteiger partial charge in [0.2, 0.25) is 11.9 Å². The molecule has 2 fully saturated rings. The lowest BCUT2D eigenvalue weighted by Gasteiger charge is -2.47. The highest BCUT2D eigenvalue weighted by molar-refractivity contribution is 5.59. The Morgan fingerprint density at radius 2 is 1.71 bits per heavy atom. The average Bonchev–Trinajstić information content (AvgIpc) is 3.15. The van der Waals surface area contributed by atoms with Crippen LogP contribution in [0.5, 0.6) is 0 Å². The van der Waals surface area contributed by atoms with Crippen LogP contribution < -0.4 is 10.2 Å². The normalized spacial score (nSPS) is 17.6. The van der Waals surface area contributed by atoms with Gasteiger partial charge < -0.3 is 15.0 Å². The SMILES string of the molecule is Fc1cc(F)cc(-n2cnc(Nc3cc(N4CC(N5CCOCC5)C4)cc(F)n3)n2)c1.[HH]. The molecule has 5 rings (SSSR count). The van der Waals surface area contributed by atoms with Gasteiger partial charge in [0.1, 0.15) is 23.8 Å². The summed E-state index contributed by atoms with van der Waals surface area (Å²) >= 11 is 0. The number of nitrogens with zero attached hydrogens (tertiary/aromatic N) is 6. The molecule has 0 radical (unpaired) electrons. The number of ether oxygens (including phenoxy) is 1. The Balaban J connectivity index is 0.00000245. The van der Waals surface area contributed by atoms with Crippen LogP contribution in [0.25, 0.3) is 5.69 Å². The molecule has 0 aliphatic carbocycles. The fourth-order valence-electron chi connectivity index (χ4n) is 3.80. The Morgan fingerprint density at radius 1 is 0.968 bits per heavy atom. The molecule has 164 valence electrons. The molecule has 2 aromatic heterocycles. The highest BCUT2D eigenvalue weighted by atomic mass is 19.1. The summed E-state index contributed by atoms with van der Waals surface area (Å²) in [4.78, 5) is 12.4. The van der Waals surface area contributed by atoms with Gasteiger partial charge in [-0.05, 0) is 12.1 Å². The summed E-state index contributed by atoms with van der Waals surface area (Å²) in [5.41, 5.74) is 0.895. The second kappa shape index (κ2) is 8.16. The number of anilines is 3. The van der Waals surface area contributed by atoms with Crippen molar-refractivity contribution in [2.75, 3.05) is 49.6 Å². The number of hydrogen-bond donors (Lipinski definition) is 1. The van der Waals surface area contributed by atoms with Crippen LogP contribution in [0.4, 0.5) is 30.6 Å². The number of rotatable bonds is 5. The summed E-state index contributed by atoms with van der Waals surface area (Å²) in [6.07, 6.45) is 1.30. The molecule has 2 aliphatic heterocycles. The van der Waals surface area contributed by atoms with Gasteiger partial charge in [0.05, 0.1) is 18.9 Å². The summed E-state index contributed by atoms with van der Waals surface area (Å²) in [5.74, 6) is -1.69. The van der Waals surface area contributed by atoms with Crippen molar-refractivity contribution in [3.63, 3.8) is 0 Å². The van der Waals surface area contributed by atoms with Crippen molar-refractivity contribution in [1.82, 2.24) is 24.6 Å². The summed E-state index contributed by atoms with van der Waals surface area (Å²) in [7, 11) is 0. The monoisotopic (exact) mass is 433 g/mol. The predicted molar refractivity (Wildman–Crippen MR) is 109 cm³/mol. The van der Waals surface area contributed by atoms with E-state index in [2.05, 4.69) is 30.2 Å². The van der Waals surface area contributed by atoms with E-state index >= 15 is 0 Å². The number of morpholine rings is 1. The number of halogens is 3. The number of nitrogens with one attached hydrogen (secondary N) is 1. The maximum atomic E-state index is 14.1. The largest absolute Gasteiger partial charge is 0.379 e. The van der Waals surface area contributed by atoms with E-state index in [1.54, 1.807) is 6.07 Å². The van der Waals surface area contributed by atoms with Crippen LogP contribution in [0.2, 0.25) is 0 Å². The summed E-state index contributed by atoms with van der Waals surface area (Å²) in [5, 5.41) is 6.98. The Hall–Kier alpha value is -3.18. The van der Waals surface area contributed by atoms with E-state index < -0.39 is 17.6 Å².